The smallest absolute Gasteiger partial charge is 0.322 e. The molecular weight excluding hydrogens is 448 g/mol. The molecular formula is C26H42N4O5. The molecule has 2 aliphatic carbocycles. The van der Waals surface area contributed by atoms with Crippen LogP contribution in [0, 0.1) is 17.8 Å². The molecule has 3 N–H and O–H groups in total. The second kappa shape index (κ2) is 10.3. The van der Waals surface area contributed by atoms with Crippen LogP contribution in [0.2, 0.25) is 0 Å². The summed E-state index contributed by atoms with van der Waals surface area (Å²) in [6, 6.07) is -0.0287. The zero-order valence-electron chi connectivity index (χ0n) is 21.2. The van der Waals surface area contributed by atoms with Gasteiger partial charge in [0.05, 0.1) is 12.1 Å². The molecule has 2 amide bonds. The highest BCUT2D eigenvalue weighted by atomic mass is 16.5. The Morgan fingerprint density at radius 3 is 2.23 bits per heavy atom. The van der Waals surface area contributed by atoms with Crippen molar-refractivity contribution in [3.63, 3.8) is 0 Å². The lowest BCUT2D eigenvalue weighted by Gasteiger charge is -2.55. The molecule has 0 aromatic rings. The number of hydrazine groups is 1. The van der Waals surface area contributed by atoms with Crippen LogP contribution in [0.5, 0.6) is 0 Å². The van der Waals surface area contributed by atoms with Crippen LogP contribution in [0.25, 0.3) is 0 Å². The van der Waals surface area contributed by atoms with E-state index in [4.69, 9.17) is 4.74 Å². The quantitative estimate of drug-likeness (QED) is 0.552. The molecule has 3 heterocycles. The summed E-state index contributed by atoms with van der Waals surface area (Å²) in [4.78, 5) is 41.4. The predicted molar refractivity (Wildman–Crippen MR) is 129 cm³/mol. The first-order valence-electron chi connectivity index (χ1n) is 13.8. The van der Waals surface area contributed by atoms with Gasteiger partial charge in [-0.25, -0.2) is 5.43 Å². The first-order valence-corrected chi connectivity index (χ1v) is 13.8. The molecule has 0 aromatic carbocycles. The van der Waals surface area contributed by atoms with Crippen molar-refractivity contribution in [3.05, 3.63) is 0 Å². The van der Waals surface area contributed by atoms with Gasteiger partial charge >= 0.3 is 5.97 Å². The minimum Gasteiger partial charge on any atom is -0.480 e. The van der Waals surface area contributed by atoms with Gasteiger partial charge < -0.3 is 19.6 Å². The highest BCUT2D eigenvalue weighted by molar-refractivity contribution is 5.82. The lowest BCUT2D eigenvalue weighted by atomic mass is 9.67. The van der Waals surface area contributed by atoms with Crippen molar-refractivity contribution in [3.8, 4) is 0 Å². The monoisotopic (exact) mass is 490 g/mol. The molecule has 0 spiro atoms. The number of carbonyl (C=O) groups excluding carboxylic acids is 2. The summed E-state index contributed by atoms with van der Waals surface area (Å²) < 4.78 is 5.76. The van der Waals surface area contributed by atoms with Crippen molar-refractivity contribution in [1.29, 1.82) is 0 Å². The molecule has 196 valence electrons. The third-order valence-corrected chi connectivity index (χ3v) is 9.65. The fourth-order valence-electron chi connectivity index (χ4n) is 7.91. The van der Waals surface area contributed by atoms with Crippen molar-refractivity contribution in [2.45, 2.75) is 114 Å². The van der Waals surface area contributed by atoms with Crippen LogP contribution in [0.15, 0.2) is 0 Å². The number of carboxylic acid groups (broad SMARTS) is 1. The predicted octanol–water partition coefficient (Wildman–Crippen LogP) is 1.91. The number of carbonyl (C=O) groups is 3. The van der Waals surface area contributed by atoms with E-state index in [9.17, 15) is 19.5 Å². The number of hydrogen-bond acceptors (Lipinski definition) is 6. The van der Waals surface area contributed by atoms with Gasteiger partial charge in [-0.15, -0.1) is 0 Å². The summed E-state index contributed by atoms with van der Waals surface area (Å²) >= 11 is 0. The SMILES string of the molecule is CC(=O)N1C2CCC(C3CCC(C4CC(C(=O)O)NN4)CC3)CC2N(C(=O)C2CCCO2)C[C@@H]1C. The van der Waals surface area contributed by atoms with E-state index in [0.29, 0.717) is 37.3 Å². The second-order valence-electron chi connectivity index (χ2n) is 11.7. The van der Waals surface area contributed by atoms with E-state index >= 15 is 0 Å². The Hall–Kier alpha value is -1.71. The van der Waals surface area contributed by atoms with Crippen LogP contribution in [0.1, 0.15) is 78.1 Å². The highest BCUT2D eigenvalue weighted by Gasteiger charge is 2.49. The molecule has 35 heavy (non-hydrogen) atoms. The van der Waals surface area contributed by atoms with Crippen molar-refractivity contribution in [1.82, 2.24) is 20.7 Å². The Bertz CT molecular complexity index is 810. The Labute approximate surface area is 208 Å². The summed E-state index contributed by atoms with van der Waals surface area (Å²) in [5, 5.41) is 9.27. The molecule has 9 nitrogen and oxygen atoms in total. The number of aliphatic carboxylic acids is 1. The lowest BCUT2D eigenvalue weighted by Crippen LogP contribution is -2.68. The van der Waals surface area contributed by atoms with E-state index in [2.05, 4.69) is 27.6 Å². The number of nitrogens with one attached hydrogen (secondary N) is 2. The van der Waals surface area contributed by atoms with Gasteiger partial charge in [0.2, 0.25) is 5.91 Å². The maximum absolute atomic E-state index is 13.5. The number of ether oxygens (including phenoxy) is 1. The van der Waals surface area contributed by atoms with Gasteiger partial charge in [-0.2, -0.15) is 0 Å². The Morgan fingerprint density at radius 1 is 0.886 bits per heavy atom. The van der Waals surface area contributed by atoms with Gasteiger partial charge in [-0.3, -0.25) is 19.8 Å². The molecule has 9 heteroatoms. The standard InChI is InChI=1S/C26H42N4O5/c1-15-14-29(25(32)24-4-3-11-35-24)23-12-19(9-10-22(23)30(15)16(2)31)17-5-7-18(8-6-17)20-13-21(26(33)34)28-27-20/h15,17-24,27-28H,3-14H2,1-2H3,(H,33,34)/t15-,17?,18?,19?,20?,21?,22?,23?,24?/m0/s1. The fourth-order valence-corrected chi connectivity index (χ4v) is 7.91. The number of rotatable bonds is 4. The molecule has 5 fully saturated rings. The third-order valence-electron chi connectivity index (χ3n) is 9.65. The zero-order chi connectivity index (χ0) is 24.7. The highest BCUT2D eigenvalue weighted by Crippen LogP contribution is 2.45. The molecule has 0 radical (unpaired) electrons. The molecule has 2 saturated carbocycles. The minimum atomic E-state index is -0.783. The zero-order valence-corrected chi connectivity index (χ0v) is 21.2. The van der Waals surface area contributed by atoms with Gasteiger partial charge in [-0.05, 0) is 88.9 Å². The van der Waals surface area contributed by atoms with Crippen molar-refractivity contribution >= 4 is 17.8 Å². The first-order chi connectivity index (χ1) is 16.8. The van der Waals surface area contributed by atoms with Crippen LogP contribution in [-0.4, -0.2) is 82.2 Å². The van der Waals surface area contributed by atoms with Crippen molar-refractivity contribution in [2.24, 2.45) is 17.8 Å². The van der Waals surface area contributed by atoms with Crippen molar-refractivity contribution < 1.29 is 24.2 Å². The number of nitrogens with zero attached hydrogens (tertiary/aromatic N) is 2. The third kappa shape index (κ3) is 4.96. The first kappa shape index (κ1) is 25.0. The van der Waals surface area contributed by atoms with E-state index in [1.807, 2.05) is 0 Å². The number of piperazine rings is 1. The van der Waals surface area contributed by atoms with Crippen LogP contribution >= 0.6 is 0 Å². The Balaban J connectivity index is 1.23. The van der Waals surface area contributed by atoms with Crippen molar-refractivity contribution in [2.75, 3.05) is 13.2 Å². The van der Waals surface area contributed by atoms with E-state index < -0.39 is 12.0 Å². The molecule has 0 aromatic heterocycles. The summed E-state index contributed by atoms with van der Waals surface area (Å²) in [6.07, 6.45) is 9.69. The maximum atomic E-state index is 13.5. The molecule has 5 rings (SSSR count). The summed E-state index contributed by atoms with van der Waals surface area (Å²) in [6.45, 7) is 5.00. The summed E-state index contributed by atoms with van der Waals surface area (Å²) in [5.74, 6) is 1.19. The van der Waals surface area contributed by atoms with Crippen LogP contribution in [0.3, 0.4) is 0 Å². The number of carboxylic acids is 1. The average molecular weight is 491 g/mol. The molecule has 3 aliphatic heterocycles. The Morgan fingerprint density at radius 2 is 1.60 bits per heavy atom. The lowest BCUT2D eigenvalue weighted by molar-refractivity contribution is -0.160. The number of amides is 2. The topological polar surface area (TPSA) is 111 Å². The van der Waals surface area contributed by atoms with E-state index in [0.717, 1.165) is 57.8 Å². The van der Waals surface area contributed by atoms with E-state index in [1.165, 1.54) is 0 Å². The molecule has 7 atom stereocenters. The minimum absolute atomic E-state index is 0.0354. The molecule has 0 bridgehead atoms. The molecule has 6 unspecified atom stereocenters. The normalized spacial score (nSPS) is 42.1. The van der Waals surface area contributed by atoms with Gasteiger partial charge in [-0.1, -0.05) is 0 Å². The van der Waals surface area contributed by atoms with Gasteiger partial charge in [0.1, 0.15) is 12.1 Å². The second-order valence-corrected chi connectivity index (χ2v) is 11.7. The average Bonchev–Trinajstić information content (AvgIpc) is 3.55. The van der Waals surface area contributed by atoms with Gasteiger partial charge in [0.15, 0.2) is 0 Å². The molecule has 5 aliphatic rings. The summed E-state index contributed by atoms with van der Waals surface area (Å²) in [5.41, 5.74) is 6.16. The molecule has 3 saturated heterocycles. The number of fused-ring (bicyclic) bond motifs is 1. The number of hydrogen-bond donors (Lipinski definition) is 3. The van der Waals surface area contributed by atoms with E-state index in [-0.39, 0.29) is 42.1 Å². The maximum Gasteiger partial charge on any atom is 0.322 e. The van der Waals surface area contributed by atoms with Crippen LogP contribution < -0.4 is 10.9 Å². The summed E-state index contributed by atoms with van der Waals surface area (Å²) in [7, 11) is 0. The van der Waals surface area contributed by atoms with Gasteiger partial charge in [0, 0.05) is 32.2 Å². The van der Waals surface area contributed by atoms with Gasteiger partial charge in [0.25, 0.3) is 5.91 Å². The van der Waals surface area contributed by atoms with Crippen LogP contribution in [0.4, 0.5) is 0 Å². The largest absolute Gasteiger partial charge is 0.480 e. The van der Waals surface area contributed by atoms with E-state index in [1.54, 1.807) is 6.92 Å². The Kier molecular flexibility index (Phi) is 7.38. The van der Waals surface area contributed by atoms with Crippen LogP contribution in [-0.2, 0) is 19.1 Å². The fraction of sp³-hybridized carbons (Fsp3) is 0.885.